The molecule has 0 saturated heterocycles. The van der Waals surface area contributed by atoms with Crippen LogP contribution in [0.15, 0.2) is 36.5 Å². The molecule has 0 atom stereocenters. The van der Waals surface area contributed by atoms with Crippen molar-refractivity contribution in [1.29, 1.82) is 0 Å². The Morgan fingerprint density at radius 1 is 1.26 bits per heavy atom. The van der Waals surface area contributed by atoms with Crippen LogP contribution in [-0.4, -0.2) is 16.8 Å². The molecule has 3 rings (SSSR count). The largest absolute Gasteiger partial charge is 0.454 e. The lowest BCUT2D eigenvalue weighted by Gasteiger charge is -2.09. The van der Waals surface area contributed by atoms with Crippen LogP contribution in [0.3, 0.4) is 0 Å². The molecule has 1 aromatic heterocycles. The number of nitrogens with zero attached hydrogens (tertiary/aromatic N) is 1. The molecule has 2 heterocycles. The number of aromatic nitrogens is 1. The lowest BCUT2D eigenvalue weighted by Crippen LogP contribution is -2.11. The molecule has 19 heavy (non-hydrogen) atoms. The predicted molar refractivity (Wildman–Crippen MR) is 72.8 cm³/mol. The summed E-state index contributed by atoms with van der Waals surface area (Å²) in [6, 6.07) is 8.80. The van der Waals surface area contributed by atoms with Crippen molar-refractivity contribution in [3.05, 3.63) is 42.1 Å². The summed E-state index contributed by atoms with van der Waals surface area (Å²) in [7, 11) is 0. The maximum absolute atomic E-state index is 5.68. The second-order valence-corrected chi connectivity index (χ2v) is 4.28. The summed E-state index contributed by atoms with van der Waals surface area (Å²) >= 11 is 4.96. The van der Waals surface area contributed by atoms with E-state index in [1.165, 1.54) is 0 Å². The standard InChI is InChI=1S/C13H10N2O3S/c14-12(19)9-2-1-5-15-13(9)18-8-3-4-10-11(6-8)17-7-16-10/h1-6H,7H2,(H2,14,19). The van der Waals surface area contributed by atoms with Crippen molar-refractivity contribution in [2.75, 3.05) is 6.79 Å². The molecule has 96 valence electrons. The van der Waals surface area contributed by atoms with Gasteiger partial charge in [0.25, 0.3) is 0 Å². The first-order chi connectivity index (χ1) is 9.24. The summed E-state index contributed by atoms with van der Waals surface area (Å²) in [5.74, 6) is 2.29. The van der Waals surface area contributed by atoms with E-state index in [9.17, 15) is 0 Å². The van der Waals surface area contributed by atoms with Gasteiger partial charge in [0.1, 0.15) is 10.7 Å². The van der Waals surface area contributed by atoms with Gasteiger partial charge in [-0.15, -0.1) is 0 Å². The summed E-state index contributed by atoms with van der Waals surface area (Å²) in [6.07, 6.45) is 1.62. The van der Waals surface area contributed by atoms with E-state index >= 15 is 0 Å². The molecule has 1 aliphatic heterocycles. The quantitative estimate of drug-likeness (QED) is 0.866. The van der Waals surface area contributed by atoms with Gasteiger partial charge >= 0.3 is 0 Å². The van der Waals surface area contributed by atoms with Gasteiger partial charge < -0.3 is 19.9 Å². The number of hydrogen-bond acceptors (Lipinski definition) is 5. The number of ether oxygens (including phenoxy) is 3. The first-order valence-electron chi connectivity index (χ1n) is 5.56. The van der Waals surface area contributed by atoms with E-state index in [4.69, 9.17) is 32.2 Å². The second-order valence-electron chi connectivity index (χ2n) is 3.84. The Morgan fingerprint density at radius 2 is 2.11 bits per heavy atom. The molecule has 0 radical (unpaired) electrons. The van der Waals surface area contributed by atoms with Crippen LogP contribution in [0.4, 0.5) is 0 Å². The molecule has 0 aliphatic carbocycles. The Hall–Kier alpha value is -2.34. The van der Waals surface area contributed by atoms with Crippen LogP contribution in [-0.2, 0) is 0 Å². The van der Waals surface area contributed by atoms with E-state index in [1.54, 1.807) is 36.5 Å². The first-order valence-corrected chi connectivity index (χ1v) is 5.97. The fourth-order valence-corrected chi connectivity index (χ4v) is 1.87. The van der Waals surface area contributed by atoms with Gasteiger partial charge in [-0.2, -0.15) is 0 Å². The smallest absolute Gasteiger partial charge is 0.231 e. The number of fused-ring (bicyclic) bond motifs is 1. The van der Waals surface area contributed by atoms with Gasteiger partial charge in [-0.05, 0) is 24.3 Å². The fourth-order valence-electron chi connectivity index (χ4n) is 1.71. The van der Waals surface area contributed by atoms with Crippen molar-refractivity contribution in [3.8, 4) is 23.1 Å². The summed E-state index contributed by atoms with van der Waals surface area (Å²) in [6.45, 7) is 0.223. The van der Waals surface area contributed by atoms with Crippen LogP contribution in [0.2, 0.25) is 0 Å². The van der Waals surface area contributed by atoms with Crippen LogP contribution < -0.4 is 19.9 Å². The van der Waals surface area contributed by atoms with E-state index in [-0.39, 0.29) is 11.8 Å². The molecule has 5 nitrogen and oxygen atoms in total. The second kappa shape index (κ2) is 4.74. The molecule has 1 aromatic carbocycles. The maximum Gasteiger partial charge on any atom is 0.231 e. The lowest BCUT2D eigenvalue weighted by molar-refractivity contribution is 0.174. The Kier molecular flexibility index (Phi) is 2.92. The van der Waals surface area contributed by atoms with Crippen molar-refractivity contribution in [2.24, 2.45) is 5.73 Å². The minimum absolute atomic E-state index is 0.223. The Labute approximate surface area is 114 Å². The van der Waals surface area contributed by atoms with Gasteiger partial charge in [-0.1, -0.05) is 12.2 Å². The molecule has 2 N–H and O–H groups in total. The highest BCUT2D eigenvalue weighted by molar-refractivity contribution is 7.80. The summed E-state index contributed by atoms with van der Waals surface area (Å²) < 4.78 is 16.2. The van der Waals surface area contributed by atoms with E-state index in [0.717, 1.165) is 0 Å². The zero-order chi connectivity index (χ0) is 13.2. The Balaban J connectivity index is 1.91. The third kappa shape index (κ3) is 2.30. The normalized spacial score (nSPS) is 12.2. The van der Waals surface area contributed by atoms with Crippen LogP contribution in [0.1, 0.15) is 5.56 Å². The van der Waals surface area contributed by atoms with Crippen molar-refractivity contribution in [1.82, 2.24) is 4.98 Å². The van der Waals surface area contributed by atoms with Gasteiger partial charge in [0.05, 0.1) is 5.56 Å². The molecule has 6 heteroatoms. The number of pyridine rings is 1. The van der Waals surface area contributed by atoms with Gasteiger partial charge in [-0.3, -0.25) is 0 Å². The zero-order valence-electron chi connectivity index (χ0n) is 9.83. The van der Waals surface area contributed by atoms with Crippen LogP contribution in [0.5, 0.6) is 23.1 Å². The van der Waals surface area contributed by atoms with E-state index in [1.807, 2.05) is 0 Å². The highest BCUT2D eigenvalue weighted by atomic mass is 32.1. The average molecular weight is 274 g/mol. The molecular formula is C13H10N2O3S. The highest BCUT2D eigenvalue weighted by Crippen LogP contribution is 2.36. The van der Waals surface area contributed by atoms with Gasteiger partial charge in [0.2, 0.25) is 12.7 Å². The lowest BCUT2D eigenvalue weighted by atomic mass is 10.2. The molecule has 0 saturated carbocycles. The summed E-state index contributed by atoms with van der Waals surface area (Å²) in [4.78, 5) is 4.37. The number of rotatable bonds is 3. The van der Waals surface area contributed by atoms with Crippen molar-refractivity contribution >= 4 is 17.2 Å². The van der Waals surface area contributed by atoms with Crippen LogP contribution >= 0.6 is 12.2 Å². The summed E-state index contributed by atoms with van der Waals surface area (Å²) in [5.41, 5.74) is 6.22. The number of nitrogens with two attached hydrogens (primary N) is 1. The van der Waals surface area contributed by atoms with Crippen LogP contribution in [0, 0.1) is 0 Å². The molecule has 0 unspecified atom stereocenters. The van der Waals surface area contributed by atoms with E-state index < -0.39 is 0 Å². The van der Waals surface area contributed by atoms with Crippen molar-refractivity contribution < 1.29 is 14.2 Å². The summed E-state index contributed by atoms with van der Waals surface area (Å²) in [5, 5.41) is 0. The number of benzene rings is 1. The van der Waals surface area contributed by atoms with E-state index in [0.29, 0.717) is 28.7 Å². The number of hydrogen-bond donors (Lipinski definition) is 1. The predicted octanol–water partition coefficient (Wildman–Crippen LogP) is 2.24. The molecule has 0 bridgehead atoms. The topological polar surface area (TPSA) is 66.6 Å². The van der Waals surface area contributed by atoms with Crippen LogP contribution in [0.25, 0.3) is 0 Å². The van der Waals surface area contributed by atoms with Gasteiger partial charge in [0, 0.05) is 12.3 Å². The van der Waals surface area contributed by atoms with Crippen molar-refractivity contribution in [2.45, 2.75) is 0 Å². The van der Waals surface area contributed by atoms with Crippen molar-refractivity contribution in [3.63, 3.8) is 0 Å². The minimum atomic E-state index is 0.223. The first kappa shape index (κ1) is 11.7. The SMILES string of the molecule is NC(=S)c1cccnc1Oc1ccc2c(c1)OCO2. The Bertz CT molecular complexity index is 646. The van der Waals surface area contributed by atoms with Gasteiger partial charge in [0.15, 0.2) is 11.5 Å². The third-order valence-electron chi connectivity index (χ3n) is 2.60. The maximum atomic E-state index is 5.68. The van der Waals surface area contributed by atoms with Gasteiger partial charge in [-0.25, -0.2) is 4.98 Å². The highest BCUT2D eigenvalue weighted by Gasteiger charge is 2.15. The molecule has 1 aliphatic rings. The molecule has 0 fully saturated rings. The molecule has 2 aromatic rings. The fraction of sp³-hybridized carbons (Fsp3) is 0.0769. The zero-order valence-corrected chi connectivity index (χ0v) is 10.6. The monoisotopic (exact) mass is 274 g/mol. The Morgan fingerprint density at radius 3 is 2.95 bits per heavy atom. The average Bonchev–Trinajstić information content (AvgIpc) is 2.86. The number of thiocarbonyl (C=S) groups is 1. The minimum Gasteiger partial charge on any atom is -0.454 e. The third-order valence-corrected chi connectivity index (χ3v) is 2.82. The molecule has 0 spiro atoms. The molecule has 0 amide bonds. The van der Waals surface area contributed by atoms with E-state index in [2.05, 4.69) is 4.98 Å². The molecular weight excluding hydrogens is 264 g/mol.